The Bertz CT molecular complexity index is 224. The molecule has 0 aromatic heterocycles. The minimum atomic E-state index is 0.384. The molecule has 1 saturated carbocycles. The van der Waals surface area contributed by atoms with Gasteiger partial charge in [0.25, 0.3) is 0 Å². The summed E-state index contributed by atoms with van der Waals surface area (Å²) in [5, 5.41) is 3.76. The molecular weight excluding hydrogens is 212 g/mol. The van der Waals surface area contributed by atoms with E-state index in [1.54, 1.807) is 0 Å². The van der Waals surface area contributed by atoms with Crippen LogP contribution < -0.4 is 5.32 Å². The molecule has 2 rings (SSSR count). The quantitative estimate of drug-likeness (QED) is 0.813. The van der Waals surface area contributed by atoms with Crippen LogP contribution in [-0.2, 0) is 4.74 Å². The van der Waals surface area contributed by atoms with Crippen molar-refractivity contribution in [2.75, 3.05) is 33.3 Å². The van der Waals surface area contributed by atoms with Gasteiger partial charge in [0, 0.05) is 25.7 Å². The molecule has 0 aromatic rings. The second kappa shape index (κ2) is 6.17. The van der Waals surface area contributed by atoms with Gasteiger partial charge in [-0.15, -0.1) is 0 Å². The topological polar surface area (TPSA) is 24.5 Å². The Balaban J connectivity index is 1.76. The van der Waals surface area contributed by atoms with Crippen LogP contribution in [0.15, 0.2) is 0 Å². The fourth-order valence-electron chi connectivity index (χ4n) is 3.34. The van der Waals surface area contributed by atoms with Crippen molar-refractivity contribution in [3.8, 4) is 0 Å². The van der Waals surface area contributed by atoms with E-state index in [4.69, 9.17) is 4.74 Å². The van der Waals surface area contributed by atoms with Crippen LogP contribution in [0.4, 0.5) is 0 Å². The summed E-state index contributed by atoms with van der Waals surface area (Å²) in [5.41, 5.74) is 0. The molecule has 0 amide bonds. The maximum atomic E-state index is 5.81. The summed E-state index contributed by atoms with van der Waals surface area (Å²) in [7, 11) is 2.18. The monoisotopic (exact) mass is 240 g/mol. The van der Waals surface area contributed by atoms with Crippen LogP contribution in [0.5, 0.6) is 0 Å². The van der Waals surface area contributed by atoms with Gasteiger partial charge in [0.1, 0.15) is 0 Å². The number of likely N-dealkylation sites (N-methyl/N-ethyl adjacent to an activating group) is 1. The lowest BCUT2D eigenvalue weighted by atomic mass is 9.78. The van der Waals surface area contributed by atoms with Crippen LogP contribution in [0.1, 0.15) is 33.1 Å². The van der Waals surface area contributed by atoms with Gasteiger partial charge < -0.3 is 15.0 Å². The van der Waals surface area contributed by atoms with Gasteiger partial charge in [-0.25, -0.2) is 0 Å². The Hall–Kier alpha value is -0.120. The van der Waals surface area contributed by atoms with Crippen LogP contribution in [0.25, 0.3) is 0 Å². The molecule has 1 N–H and O–H groups in total. The maximum absolute atomic E-state index is 5.81. The van der Waals surface area contributed by atoms with Crippen molar-refractivity contribution in [2.45, 2.75) is 45.3 Å². The Labute approximate surface area is 106 Å². The first-order chi connectivity index (χ1) is 8.16. The third-order valence-corrected chi connectivity index (χ3v) is 4.47. The van der Waals surface area contributed by atoms with E-state index in [-0.39, 0.29) is 0 Å². The number of rotatable bonds is 3. The van der Waals surface area contributed by atoms with E-state index in [9.17, 15) is 0 Å². The molecule has 0 radical (unpaired) electrons. The SMILES string of the molecule is CC1CCCC(C)C1NCC1CN(C)CCO1. The lowest BCUT2D eigenvalue weighted by molar-refractivity contribution is -0.0216. The van der Waals surface area contributed by atoms with Crippen molar-refractivity contribution < 1.29 is 4.74 Å². The van der Waals surface area contributed by atoms with Gasteiger partial charge in [-0.3, -0.25) is 0 Å². The Morgan fingerprint density at radius 2 is 1.94 bits per heavy atom. The van der Waals surface area contributed by atoms with Gasteiger partial charge in [-0.2, -0.15) is 0 Å². The van der Waals surface area contributed by atoms with Gasteiger partial charge in [-0.05, 0) is 31.7 Å². The summed E-state index contributed by atoms with van der Waals surface area (Å²) in [5.74, 6) is 1.64. The van der Waals surface area contributed by atoms with E-state index in [1.807, 2.05) is 0 Å². The first-order valence-electron chi connectivity index (χ1n) is 7.20. The minimum Gasteiger partial charge on any atom is -0.374 e. The van der Waals surface area contributed by atoms with Crippen molar-refractivity contribution in [2.24, 2.45) is 11.8 Å². The zero-order chi connectivity index (χ0) is 12.3. The highest BCUT2D eigenvalue weighted by Gasteiger charge is 2.28. The summed E-state index contributed by atoms with van der Waals surface area (Å²) in [6.45, 7) is 8.83. The fourth-order valence-corrected chi connectivity index (χ4v) is 3.34. The van der Waals surface area contributed by atoms with E-state index in [1.165, 1.54) is 19.3 Å². The van der Waals surface area contributed by atoms with Crippen molar-refractivity contribution in [1.82, 2.24) is 10.2 Å². The smallest absolute Gasteiger partial charge is 0.0826 e. The molecule has 100 valence electrons. The molecule has 3 heteroatoms. The van der Waals surface area contributed by atoms with Crippen LogP contribution in [0, 0.1) is 11.8 Å². The normalized spacial score (nSPS) is 40.4. The summed E-state index contributed by atoms with van der Waals surface area (Å²) in [4.78, 5) is 2.36. The highest BCUT2D eigenvalue weighted by atomic mass is 16.5. The summed E-state index contributed by atoms with van der Waals surface area (Å²) >= 11 is 0. The van der Waals surface area contributed by atoms with Crippen LogP contribution in [-0.4, -0.2) is 50.3 Å². The highest BCUT2D eigenvalue weighted by molar-refractivity contribution is 4.84. The lowest BCUT2D eigenvalue weighted by Crippen LogP contribution is -2.50. The third-order valence-electron chi connectivity index (χ3n) is 4.47. The average Bonchev–Trinajstić information content (AvgIpc) is 2.28. The van der Waals surface area contributed by atoms with Gasteiger partial charge in [0.2, 0.25) is 0 Å². The molecule has 1 aliphatic carbocycles. The van der Waals surface area contributed by atoms with Gasteiger partial charge in [0.15, 0.2) is 0 Å². The molecule has 3 unspecified atom stereocenters. The van der Waals surface area contributed by atoms with Crippen molar-refractivity contribution in [3.63, 3.8) is 0 Å². The van der Waals surface area contributed by atoms with Crippen molar-refractivity contribution in [3.05, 3.63) is 0 Å². The molecule has 1 saturated heterocycles. The Kier molecular flexibility index (Phi) is 4.83. The average molecular weight is 240 g/mol. The lowest BCUT2D eigenvalue weighted by Gasteiger charge is -2.37. The predicted octanol–water partition coefficient (Wildman–Crippen LogP) is 1.73. The number of morpholine rings is 1. The molecule has 1 aliphatic heterocycles. The maximum Gasteiger partial charge on any atom is 0.0826 e. The second-order valence-electron chi connectivity index (χ2n) is 6.07. The fraction of sp³-hybridized carbons (Fsp3) is 1.00. The van der Waals surface area contributed by atoms with Crippen LogP contribution in [0.3, 0.4) is 0 Å². The van der Waals surface area contributed by atoms with Crippen LogP contribution in [0.2, 0.25) is 0 Å². The number of hydrogen-bond acceptors (Lipinski definition) is 3. The summed E-state index contributed by atoms with van der Waals surface area (Å²) < 4.78 is 5.81. The van der Waals surface area contributed by atoms with E-state index >= 15 is 0 Å². The van der Waals surface area contributed by atoms with Gasteiger partial charge >= 0.3 is 0 Å². The molecule has 3 nitrogen and oxygen atoms in total. The first kappa shape index (κ1) is 13.3. The largest absolute Gasteiger partial charge is 0.374 e. The van der Waals surface area contributed by atoms with Crippen molar-refractivity contribution >= 4 is 0 Å². The Morgan fingerprint density at radius 3 is 2.59 bits per heavy atom. The second-order valence-corrected chi connectivity index (χ2v) is 6.07. The third kappa shape index (κ3) is 3.67. The number of ether oxygens (including phenoxy) is 1. The summed E-state index contributed by atoms with van der Waals surface area (Å²) in [6.07, 6.45) is 4.56. The van der Waals surface area contributed by atoms with Crippen molar-refractivity contribution in [1.29, 1.82) is 0 Å². The highest BCUT2D eigenvalue weighted by Crippen LogP contribution is 2.28. The minimum absolute atomic E-state index is 0.384. The zero-order valence-corrected chi connectivity index (χ0v) is 11.6. The van der Waals surface area contributed by atoms with Crippen LogP contribution >= 0.6 is 0 Å². The van der Waals surface area contributed by atoms with Gasteiger partial charge in [0.05, 0.1) is 12.7 Å². The standard InChI is InChI=1S/C14H28N2O/c1-11-5-4-6-12(2)14(11)15-9-13-10-16(3)7-8-17-13/h11-15H,4-10H2,1-3H3. The first-order valence-corrected chi connectivity index (χ1v) is 7.20. The molecule has 1 heterocycles. The molecule has 17 heavy (non-hydrogen) atoms. The number of nitrogens with one attached hydrogen (secondary N) is 1. The molecule has 2 fully saturated rings. The zero-order valence-electron chi connectivity index (χ0n) is 11.6. The predicted molar refractivity (Wildman–Crippen MR) is 71.2 cm³/mol. The molecular formula is C14H28N2O. The summed E-state index contributed by atoms with van der Waals surface area (Å²) in [6, 6.07) is 0.694. The van der Waals surface area contributed by atoms with E-state index in [0.717, 1.165) is 38.1 Å². The molecule has 0 spiro atoms. The van der Waals surface area contributed by atoms with E-state index < -0.39 is 0 Å². The van der Waals surface area contributed by atoms with E-state index in [2.05, 4.69) is 31.1 Å². The Morgan fingerprint density at radius 1 is 1.24 bits per heavy atom. The van der Waals surface area contributed by atoms with Gasteiger partial charge in [-0.1, -0.05) is 20.3 Å². The molecule has 0 aromatic carbocycles. The number of hydrogen-bond donors (Lipinski definition) is 1. The molecule has 0 bridgehead atoms. The number of nitrogens with zero attached hydrogens (tertiary/aromatic N) is 1. The molecule has 2 aliphatic rings. The van der Waals surface area contributed by atoms with E-state index in [0.29, 0.717) is 12.1 Å². The molecule has 3 atom stereocenters.